The molecule has 1 aliphatic rings. The Kier molecular flexibility index (Phi) is 5.63. The number of hydrogen-bond donors (Lipinski definition) is 1. The highest BCUT2D eigenvalue weighted by atomic mass is 35.5. The molecule has 1 amide bonds. The molecule has 1 fully saturated rings. The molecule has 0 bridgehead atoms. The molecule has 1 aromatic heterocycles. The molecule has 2 aromatic rings. The fraction of sp³-hybridized carbons (Fsp3) is 0.524. The van der Waals surface area contributed by atoms with Crippen LogP contribution in [0.4, 0.5) is 0 Å². The van der Waals surface area contributed by atoms with E-state index in [1.54, 1.807) is 0 Å². The molecule has 0 radical (unpaired) electrons. The maximum atomic E-state index is 13.3. The first-order valence-electron chi connectivity index (χ1n) is 9.58. The van der Waals surface area contributed by atoms with Crippen molar-refractivity contribution in [3.05, 3.63) is 41.0 Å². The molecular formula is C21H29ClN4O. The first-order valence-corrected chi connectivity index (χ1v) is 9.96. The van der Waals surface area contributed by atoms with Crippen LogP contribution >= 0.6 is 11.6 Å². The molecular weight excluding hydrogens is 360 g/mol. The standard InChI is InChI=1S/C21H29ClN4O/c1-14(23)15-9-11-25(12-10-15)20(27)17-13-26(21(2,3)4)24-19(17)16-7-5-6-8-18(16)22/h5-8,13-15H,9-12,23H2,1-4H3. The second kappa shape index (κ2) is 7.64. The molecule has 2 heterocycles. The molecule has 0 aliphatic carbocycles. The highest BCUT2D eigenvalue weighted by Crippen LogP contribution is 2.32. The second-order valence-corrected chi connectivity index (χ2v) is 8.88. The minimum Gasteiger partial charge on any atom is -0.339 e. The second-order valence-electron chi connectivity index (χ2n) is 8.48. The molecule has 27 heavy (non-hydrogen) atoms. The van der Waals surface area contributed by atoms with E-state index in [0.29, 0.717) is 22.2 Å². The van der Waals surface area contributed by atoms with Gasteiger partial charge < -0.3 is 10.6 Å². The summed E-state index contributed by atoms with van der Waals surface area (Å²) >= 11 is 6.41. The number of halogens is 1. The summed E-state index contributed by atoms with van der Waals surface area (Å²) in [4.78, 5) is 15.2. The lowest BCUT2D eigenvalue weighted by atomic mass is 9.90. The zero-order valence-corrected chi connectivity index (χ0v) is 17.3. The number of carbonyl (C=O) groups excluding carboxylic acids is 1. The van der Waals surface area contributed by atoms with Crippen molar-refractivity contribution in [2.45, 2.75) is 52.1 Å². The van der Waals surface area contributed by atoms with Crippen LogP contribution in [-0.4, -0.2) is 39.7 Å². The largest absolute Gasteiger partial charge is 0.339 e. The van der Waals surface area contributed by atoms with E-state index in [4.69, 9.17) is 22.4 Å². The van der Waals surface area contributed by atoms with E-state index in [9.17, 15) is 4.79 Å². The summed E-state index contributed by atoms with van der Waals surface area (Å²) in [6.07, 6.45) is 3.75. The number of nitrogens with two attached hydrogens (primary N) is 1. The number of benzene rings is 1. The van der Waals surface area contributed by atoms with Gasteiger partial charge in [0.1, 0.15) is 5.69 Å². The number of aromatic nitrogens is 2. The van der Waals surface area contributed by atoms with Crippen molar-refractivity contribution in [2.24, 2.45) is 11.7 Å². The molecule has 146 valence electrons. The molecule has 0 saturated carbocycles. The van der Waals surface area contributed by atoms with Crippen LogP contribution in [0.15, 0.2) is 30.5 Å². The van der Waals surface area contributed by atoms with E-state index in [-0.39, 0.29) is 17.5 Å². The fourth-order valence-corrected chi connectivity index (χ4v) is 3.75. The maximum Gasteiger partial charge on any atom is 0.257 e. The highest BCUT2D eigenvalue weighted by molar-refractivity contribution is 6.33. The predicted octanol–water partition coefficient (Wildman–Crippen LogP) is 4.16. The van der Waals surface area contributed by atoms with Gasteiger partial charge >= 0.3 is 0 Å². The number of likely N-dealkylation sites (tertiary alicyclic amines) is 1. The molecule has 1 aromatic carbocycles. The Morgan fingerprint density at radius 1 is 1.26 bits per heavy atom. The van der Waals surface area contributed by atoms with Gasteiger partial charge in [-0.05, 0) is 52.5 Å². The monoisotopic (exact) mass is 388 g/mol. The third-order valence-electron chi connectivity index (χ3n) is 5.33. The Morgan fingerprint density at radius 2 is 1.89 bits per heavy atom. The van der Waals surface area contributed by atoms with Gasteiger partial charge in [0.05, 0.1) is 16.1 Å². The summed E-state index contributed by atoms with van der Waals surface area (Å²) in [7, 11) is 0. The van der Waals surface area contributed by atoms with Crippen molar-refractivity contribution in [3.8, 4) is 11.3 Å². The van der Waals surface area contributed by atoms with Crippen molar-refractivity contribution >= 4 is 17.5 Å². The Hall–Kier alpha value is -1.85. The first-order chi connectivity index (χ1) is 12.7. The van der Waals surface area contributed by atoms with Crippen LogP contribution in [0.25, 0.3) is 11.3 Å². The molecule has 3 rings (SSSR count). The quantitative estimate of drug-likeness (QED) is 0.858. The van der Waals surface area contributed by atoms with Gasteiger partial charge in [-0.25, -0.2) is 0 Å². The van der Waals surface area contributed by atoms with Crippen LogP contribution in [0.2, 0.25) is 5.02 Å². The Balaban J connectivity index is 1.96. The fourth-order valence-electron chi connectivity index (χ4n) is 3.52. The molecule has 6 heteroatoms. The van der Waals surface area contributed by atoms with Crippen molar-refractivity contribution in [3.63, 3.8) is 0 Å². The van der Waals surface area contributed by atoms with Gasteiger partial charge in [0.25, 0.3) is 5.91 Å². The molecule has 0 spiro atoms. The lowest BCUT2D eigenvalue weighted by molar-refractivity contribution is 0.0681. The van der Waals surface area contributed by atoms with Gasteiger partial charge in [0, 0.05) is 30.9 Å². The lowest BCUT2D eigenvalue weighted by Gasteiger charge is -2.33. The summed E-state index contributed by atoms with van der Waals surface area (Å²) in [6, 6.07) is 7.71. The number of nitrogens with zero attached hydrogens (tertiary/aromatic N) is 3. The average Bonchev–Trinajstić information content (AvgIpc) is 3.07. The smallest absolute Gasteiger partial charge is 0.257 e. The topological polar surface area (TPSA) is 64.2 Å². The summed E-state index contributed by atoms with van der Waals surface area (Å²) in [5.74, 6) is 0.498. The third kappa shape index (κ3) is 4.19. The number of rotatable bonds is 3. The van der Waals surface area contributed by atoms with Gasteiger partial charge in [0.2, 0.25) is 0 Å². The molecule has 1 unspecified atom stereocenters. The molecule has 1 aliphatic heterocycles. The van der Waals surface area contributed by atoms with E-state index in [1.165, 1.54) is 0 Å². The van der Waals surface area contributed by atoms with E-state index in [1.807, 2.05) is 47.0 Å². The van der Waals surface area contributed by atoms with E-state index >= 15 is 0 Å². The van der Waals surface area contributed by atoms with Crippen LogP contribution in [0.1, 0.15) is 50.9 Å². The lowest BCUT2D eigenvalue weighted by Crippen LogP contribution is -2.42. The Bertz CT molecular complexity index is 814. The summed E-state index contributed by atoms with van der Waals surface area (Å²) in [5.41, 5.74) is 7.86. The summed E-state index contributed by atoms with van der Waals surface area (Å²) in [5, 5.41) is 5.33. The first kappa shape index (κ1) is 19.9. The summed E-state index contributed by atoms with van der Waals surface area (Å²) in [6.45, 7) is 9.71. The zero-order chi connectivity index (χ0) is 19.8. The van der Waals surface area contributed by atoms with Gasteiger partial charge in [-0.3, -0.25) is 9.48 Å². The number of hydrogen-bond acceptors (Lipinski definition) is 3. The third-order valence-corrected chi connectivity index (χ3v) is 5.66. The number of piperidine rings is 1. The van der Waals surface area contributed by atoms with Crippen molar-refractivity contribution in [1.29, 1.82) is 0 Å². The molecule has 1 atom stereocenters. The predicted molar refractivity (Wildman–Crippen MR) is 110 cm³/mol. The Morgan fingerprint density at radius 3 is 2.44 bits per heavy atom. The maximum absolute atomic E-state index is 13.3. The van der Waals surface area contributed by atoms with Crippen molar-refractivity contribution in [1.82, 2.24) is 14.7 Å². The van der Waals surface area contributed by atoms with Crippen LogP contribution < -0.4 is 5.73 Å². The minimum absolute atomic E-state index is 0.0172. The van der Waals surface area contributed by atoms with Gasteiger partial charge in [0.15, 0.2) is 0 Å². The summed E-state index contributed by atoms with van der Waals surface area (Å²) < 4.78 is 1.85. The number of amides is 1. The Labute approximate surface area is 166 Å². The van der Waals surface area contributed by atoms with Gasteiger partial charge in [-0.2, -0.15) is 5.10 Å². The number of carbonyl (C=O) groups is 1. The zero-order valence-electron chi connectivity index (χ0n) is 16.6. The average molecular weight is 389 g/mol. The van der Waals surface area contributed by atoms with Gasteiger partial charge in [-0.1, -0.05) is 29.8 Å². The van der Waals surface area contributed by atoms with Crippen molar-refractivity contribution < 1.29 is 4.79 Å². The van der Waals surface area contributed by atoms with E-state index < -0.39 is 0 Å². The van der Waals surface area contributed by atoms with Crippen LogP contribution in [0.3, 0.4) is 0 Å². The van der Waals surface area contributed by atoms with Crippen LogP contribution in [0.5, 0.6) is 0 Å². The van der Waals surface area contributed by atoms with Crippen LogP contribution in [-0.2, 0) is 5.54 Å². The minimum atomic E-state index is -0.226. The SMILES string of the molecule is CC(N)C1CCN(C(=O)c2cn(C(C)(C)C)nc2-c2ccccc2Cl)CC1. The van der Waals surface area contributed by atoms with E-state index in [2.05, 4.69) is 20.8 Å². The molecule has 2 N–H and O–H groups in total. The molecule has 1 saturated heterocycles. The van der Waals surface area contributed by atoms with Crippen LogP contribution in [0, 0.1) is 5.92 Å². The normalized spacial score (nSPS) is 17.2. The van der Waals surface area contributed by atoms with Gasteiger partial charge in [-0.15, -0.1) is 0 Å². The van der Waals surface area contributed by atoms with E-state index in [0.717, 1.165) is 31.5 Å². The highest BCUT2D eigenvalue weighted by Gasteiger charge is 2.30. The molecule has 5 nitrogen and oxygen atoms in total. The van der Waals surface area contributed by atoms with Crippen molar-refractivity contribution in [2.75, 3.05) is 13.1 Å².